The zero-order valence-corrected chi connectivity index (χ0v) is 9.85. The van der Waals surface area contributed by atoms with Crippen LogP contribution < -0.4 is 0 Å². The van der Waals surface area contributed by atoms with Crippen LogP contribution in [0.3, 0.4) is 0 Å². The maximum atomic E-state index is 11.1. The summed E-state index contributed by atoms with van der Waals surface area (Å²) in [6, 6.07) is 1.80. The van der Waals surface area contributed by atoms with E-state index in [1.807, 2.05) is 0 Å². The van der Waals surface area contributed by atoms with Crippen molar-refractivity contribution >= 4 is 5.97 Å². The monoisotopic (exact) mass is 224 g/mol. The summed E-state index contributed by atoms with van der Waals surface area (Å²) >= 11 is 0. The molecule has 0 amide bonds. The summed E-state index contributed by atoms with van der Waals surface area (Å²) in [6.07, 6.45) is 4.21. The molecule has 4 nitrogen and oxygen atoms in total. The molecule has 1 aliphatic rings. The van der Waals surface area contributed by atoms with Gasteiger partial charge in [0.2, 0.25) is 0 Å². The van der Waals surface area contributed by atoms with Crippen molar-refractivity contribution in [2.45, 2.75) is 45.1 Å². The molecule has 4 heteroatoms. The second-order valence-electron chi connectivity index (χ2n) is 4.63. The van der Waals surface area contributed by atoms with E-state index in [-0.39, 0.29) is 6.04 Å². The number of nitrogens with zero attached hydrogens (tertiary/aromatic N) is 2. The van der Waals surface area contributed by atoms with Crippen molar-refractivity contribution in [3.8, 4) is 6.07 Å². The normalized spacial score (nSPS) is 26.2. The summed E-state index contributed by atoms with van der Waals surface area (Å²) < 4.78 is 0. The van der Waals surface area contributed by atoms with Crippen molar-refractivity contribution in [2.75, 3.05) is 13.1 Å². The number of aliphatic carboxylic acids is 1. The molecule has 1 N–H and O–H groups in total. The lowest BCUT2D eigenvalue weighted by atomic mass is 9.92. The maximum absolute atomic E-state index is 11.1. The van der Waals surface area contributed by atoms with Gasteiger partial charge in [-0.25, -0.2) is 0 Å². The molecule has 1 fully saturated rings. The molecule has 1 saturated heterocycles. The van der Waals surface area contributed by atoms with Crippen molar-refractivity contribution in [3.63, 3.8) is 0 Å². The fourth-order valence-corrected chi connectivity index (χ4v) is 2.23. The molecule has 1 aliphatic heterocycles. The Morgan fingerprint density at radius 1 is 1.56 bits per heavy atom. The number of hydrogen-bond acceptors (Lipinski definition) is 3. The fourth-order valence-electron chi connectivity index (χ4n) is 2.23. The summed E-state index contributed by atoms with van der Waals surface area (Å²) in [4.78, 5) is 13.2. The highest BCUT2D eigenvalue weighted by molar-refractivity contribution is 5.73. The van der Waals surface area contributed by atoms with Crippen LogP contribution in [0.5, 0.6) is 0 Å². The lowest BCUT2D eigenvalue weighted by Gasteiger charge is -2.35. The highest BCUT2D eigenvalue weighted by Gasteiger charge is 2.30. The van der Waals surface area contributed by atoms with E-state index in [0.717, 1.165) is 38.8 Å². The number of hydrogen-bond donors (Lipinski definition) is 1. The van der Waals surface area contributed by atoms with Gasteiger partial charge in [0.1, 0.15) is 6.04 Å². The van der Waals surface area contributed by atoms with E-state index in [9.17, 15) is 4.79 Å². The third-order valence-electron chi connectivity index (χ3n) is 3.24. The van der Waals surface area contributed by atoms with Gasteiger partial charge in [-0.05, 0) is 44.7 Å². The van der Waals surface area contributed by atoms with Gasteiger partial charge in [-0.1, -0.05) is 6.92 Å². The second-order valence-corrected chi connectivity index (χ2v) is 4.63. The smallest absolute Gasteiger partial charge is 0.320 e. The van der Waals surface area contributed by atoms with Gasteiger partial charge < -0.3 is 5.11 Å². The molecular formula is C12H20N2O2. The first-order valence-electron chi connectivity index (χ1n) is 5.99. The SMILES string of the molecule is CC1CCN(CCCCC#N)C(C(=O)O)C1. The lowest BCUT2D eigenvalue weighted by molar-refractivity contribution is -0.145. The van der Waals surface area contributed by atoms with Crippen LogP contribution in [0.1, 0.15) is 39.0 Å². The van der Waals surface area contributed by atoms with Crippen molar-refractivity contribution in [3.05, 3.63) is 0 Å². The summed E-state index contributed by atoms with van der Waals surface area (Å²) in [5, 5.41) is 17.6. The highest BCUT2D eigenvalue weighted by Crippen LogP contribution is 2.23. The fraction of sp³-hybridized carbons (Fsp3) is 0.833. The molecule has 0 radical (unpaired) electrons. The Morgan fingerprint density at radius 2 is 2.31 bits per heavy atom. The first-order chi connectivity index (χ1) is 7.65. The molecule has 0 aromatic carbocycles. The molecule has 1 rings (SSSR count). The number of likely N-dealkylation sites (tertiary alicyclic amines) is 1. The molecule has 0 aromatic rings. The number of carboxylic acids is 1. The summed E-state index contributed by atoms with van der Waals surface area (Å²) in [5.74, 6) is -0.191. The average Bonchev–Trinajstić information content (AvgIpc) is 2.26. The highest BCUT2D eigenvalue weighted by atomic mass is 16.4. The number of carboxylic acid groups (broad SMARTS) is 1. The lowest BCUT2D eigenvalue weighted by Crippen LogP contribution is -2.47. The van der Waals surface area contributed by atoms with E-state index < -0.39 is 5.97 Å². The predicted molar refractivity (Wildman–Crippen MR) is 60.9 cm³/mol. The standard InChI is InChI=1S/C12H20N2O2/c1-10-5-8-14(7-4-2-3-6-13)11(9-10)12(15)16/h10-11H,2-5,7-9H2,1H3,(H,15,16). The Bertz CT molecular complexity index is 273. The molecule has 0 aliphatic carbocycles. The predicted octanol–water partition coefficient (Wildman–Crippen LogP) is 1.87. The van der Waals surface area contributed by atoms with Gasteiger partial charge in [-0.2, -0.15) is 5.26 Å². The van der Waals surface area contributed by atoms with Gasteiger partial charge in [0, 0.05) is 6.42 Å². The molecule has 0 aromatic heterocycles. The van der Waals surface area contributed by atoms with Crippen LogP contribution in [0.25, 0.3) is 0 Å². The molecular weight excluding hydrogens is 204 g/mol. The third kappa shape index (κ3) is 3.82. The topological polar surface area (TPSA) is 64.3 Å². The van der Waals surface area contributed by atoms with E-state index in [1.165, 1.54) is 0 Å². The molecule has 1 heterocycles. The van der Waals surface area contributed by atoms with Crippen molar-refractivity contribution < 1.29 is 9.90 Å². The van der Waals surface area contributed by atoms with E-state index in [2.05, 4.69) is 17.9 Å². The first kappa shape index (κ1) is 13.0. The summed E-state index contributed by atoms with van der Waals surface area (Å²) in [6.45, 7) is 3.80. The van der Waals surface area contributed by atoms with Crippen LogP contribution in [-0.2, 0) is 4.79 Å². The van der Waals surface area contributed by atoms with Gasteiger partial charge in [-0.3, -0.25) is 9.69 Å². The van der Waals surface area contributed by atoms with Crippen LogP contribution in [0, 0.1) is 17.2 Å². The minimum atomic E-state index is -0.702. The Kier molecular flexibility index (Phi) is 5.27. The van der Waals surface area contributed by atoms with Crippen molar-refractivity contribution in [1.29, 1.82) is 5.26 Å². The summed E-state index contributed by atoms with van der Waals surface area (Å²) in [5.41, 5.74) is 0. The molecule has 2 unspecified atom stereocenters. The minimum absolute atomic E-state index is 0.314. The van der Waals surface area contributed by atoms with Gasteiger partial charge >= 0.3 is 5.97 Å². The van der Waals surface area contributed by atoms with Gasteiger partial charge in [0.25, 0.3) is 0 Å². The average molecular weight is 224 g/mol. The Morgan fingerprint density at radius 3 is 2.94 bits per heavy atom. The van der Waals surface area contributed by atoms with Gasteiger partial charge in [-0.15, -0.1) is 0 Å². The number of carbonyl (C=O) groups is 1. The van der Waals surface area contributed by atoms with Gasteiger partial charge in [0.15, 0.2) is 0 Å². The van der Waals surface area contributed by atoms with Crippen LogP contribution in [0.15, 0.2) is 0 Å². The zero-order chi connectivity index (χ0) is 12.0. The van der Waals surface area contributed by atoms with Crippen LogP contribution in [0.2, 0.25) is 0 Å². The third-order valence-corrected chi connectivity index (χ3v) is 3.24. The van der Waals surface area contributed by atoms with Crippen molar-refractivity contribution in [2.24, 2.45) is 5.92 Å². The molecule has 90 valence electrons. The van der Waals surface area contributed by atoms with E-state index in [1.54, 1.807) is 0 Å². The number of nitriles is 1. The maximum Gasteiger partial charge on any atom is 0.320 e. The quantitative estimate of drug-likeness (QED) is 0.724. The van der Waals surface area contributed by atoms with E-state index in [4.69, 9.17) is 10.4 Å². The zero-order valence-electron chi connectivity index (χ0n) is 9.85. The summed E-state index contributed by atoms with van der Waals surface area (Å²) in [7, 11) is 0. The number of rotatable bonds is 5. The van der Waals surface area contributed by atoms with Crippen LogP contribution in [0.4, 0.5) is 0 Å². The Labute approximate surface area is 96.9 Å². The largest absolute Gasteiger partial charge is 0.480 e. The Hall–Kier alpha value is -1.08. The van der Waals surface area contributed by atoms with Crippen LogP contribution >= 0.6 is 0 Å². The second kappa shape index (κ2) is 6.49. The van der Waals surface area contributed by atoms with Crippen molar-refractivity contribution in [1.82, 2.24) is 4.90 Å². The molecule has 0 saturated carbocycles. The minimum Gasteiger partial charge on any atom is -0.480 e. The number of piperidine rings is 1. The Balaban J connectivity index is 2.38. The molecule has 0 spiro atoms. The molecule has 2 atom stereocenters. The number of unbranched alkanes of at least 4 members (excludes halogenated alkanes) is 2. The van der Waals surface area contributed by atoms with E-state index >= 15 is 0 Å². The molecule has 16 heavy (non-hydrogen) atoms. The molecule has 0 bridgehead atoms. The first-order valence-corrected chi connectivity index (χ1v) is 5.99. The van der Waals surface area contributed by atoms with E-state index in [0.29, 0.717) is 12.3 Å². The van der Waals surface area contributed by atoms with Gasteiger partial charge in [0.05, 0.1) is 6.07 Å². The van der Waals surface area contributed by atoms with Crippen LogP contribution in [-0.4, -0.2) is 35.1 Å².